The third-order valence-electron chi connectivity index (χ3n) is 4.33. The van der Waals surface area contributed by atoms with Crippen molar-refractivity contribution in [2.45, 2.75) is 31.2 Å². The summed E-state index contributed by atoms with van der Waals surface area (Å²) in [6, 6.07) is 15.8. The monoisotopic (exact) mass is 281 g/mol. The van der Waals surface area contributed by atoms with E-state index in [2.05, 4.69) is 24.3 Å². The minimum absolute atomic E-state index is 0.0611. The van der Waals surface area contributed by atoms with Gasteiger partial charge in [0.15, 0.2) is 0 Å². The average Bonchev–Trinajstić information content (AvgIpc) is 2.65. The first-order valence-corrected chi connectivity index (χ1v) is 7.31. The van der Waals surface area contributed by atoms with Crippen molar-refractivity contribution >= 4 is 5.97 Å². The number of fused-ring (bicyclic) bond motifs is 2. The number of carbonyl (C=O) groups is 1. The van der Waals surface area contributed by atoms with E-state index in [0.717, 1.165) is 12.8 Å². The third kappa shape index (κ3) is 2.69. The molecule has 108 valence electrons. The second-order valence-electron chi connectivity index (χ2n) is 5.63. The van der Waals surface area contributed by atoms with Crippen LogP contribution in [0.15, 0.2) is 48.5 Å². The summed E-state index contributed by atoms with van der Waals surface area (Å²) < 4.78 is 0. The molecule has 0 bridgehead atoms. The van der Waals surface area contributed by atoms with Crippen LogP contribution in [0.3, 0.4) is 0 Å². The first-order chi connectivity index (χ1) is 10.2. The van der Waals surface area contributed by atoms with Crippen molar-refractivity contribution in [3.8, 4) is 0 Å². The van der Waals surface area contributed by atoms with Gasteiger partial charge in [0, 0.05) is 5.92 Å². The van der Waals surface area contributed by atoms with Crippen LogP contribution < -0.4 is 5.73 Å². The van der Waals surface area contributed by atoms with Gasteiger partial charge in [-0.2, -0.15) is 0 Å². The van der Waals surface area contributed by atoms with E-state index in [1.165, 1.54) is 22.3 Å². The maximum Gasteiger partial charge on any atom is 0.320 e. The van der Waals surface area contributed by atoms with Crippen molar-refractivity contribution in [2.24, 2.45) is 5.73 Å². The Morgan fingerprint density at radius 2 is 1.52 bits per heavy atom. The van der Waals surface area contributed by atoms with Gasteiger partial charge in [0.05, 0.1) is 0 Å². The number of benzene rings is 2. The van der Waals surface area contributed by atoms with E-state index < -0.39 is 12.0 Å². The highest BCUT2D eigenvalue weighted by atomic mass is 16.4. The van der Waals surface area contributed by atoms with E-state index in [9.17, 15) is 4.79 Å². The highest BCUT2D eigenvalue weighted by Gasteiger charge is 2.27. The van der Waals surface area contributed by atoms with Crippen LogP contribution in [0.25, 0.3) is 0 Å². The molecule has 0 spiro atoms. The van der Waals surface area contributed by atoms with E-state index >= 15 is 0 Å². The largest absolute Gasteiger partial charge is 0.480 e. The normalized spacial score (nSPS) is 15.7. The lowest BCUT2D eigenvalue weighted by atomic mass is 9.83. The van der Waals surface area contributed by atoms with Gasteiger partial charge in [0.25, 0.3) is 0 Å². The van der Waals surface area contributed by atoms with Crippen molar-refractivity contribution < 1.29 is 9.90 Å². The molecule has 3 rings (SSSR count). The molecule has 3 N–H and O–H groups in total. The summed E-state index contributed by atoms with van der Waals surface area (Å²) in [5.74, 6) is -0.875. The second-order valence-corrected chi connectivity index (χ2v) is 5.63. The van der Waals surface area contributed by atoms with Crippen LogP contribution in [0.2, 0.25) is 0 Å². The second kappa shape index (κ2) is 5.70. The Labute approximate surface area is 124 Å². The predicted molar refractivity (Wildman–Crippen MR) is 82.4 cm³/mol. The molecule has 1 aliphatic rings. The highest BCUT2D eigenvalue weighted by molar-refractivity contribution is 5.73. The molecule has 0 fully saturated rings. The Morgan fingerprint density at radius 3 is 2.00 bits per heavy atom. The number of rotatable bonds is 3. The molecule has 1 aliphatic carbocycles. The summed E-state index contributed by atoms with van der Waals surface area (Å²) in [5.41, 5.74) is 10.9. The Morgan fingerprint density at radius 1 is 1.05 bits per heavy atom. The van der Waals surface area contributed by atoms with Gasteiger partial charge >= 0.3 is 5.97 Å². The van der Waals surface area contributed by atoms with Gasteiger partial charge in [-0.25, -0.2) is 0 Å². The van der Waals surface area contributed by atoms with Crippen molar-refractivity contribution in [1.82, 2.24) is 0 Å². The van der Waals surface area contributed by atoms with E-state index in [1.54, 1.807) is 0 Å². The Hall–Kier alpha value is -2.13. The summed E-state index contributed by atoms with van der Waals surface area (Å²) in [5, 5.41) is 9.15. The SMILES string of the molecule is NC(CC1c2ccccc2CCc2ccccc21)C(=O)O. The van der Waals surface area contributed by atoms with E-state index in [4.69, 9.17) is 10.8 Å². The van der Waals surface area contributed by atoms with Gasteiger partial charge < -0.3 is 10.8 Å². The zero-order valence-corrected chi connectivity index (χ0v) is 11.8. The molecule has 21 heavy (non-hydrogen) atoms. The van der Waals surface area contributed by atoms with Crippen LogP contribution in [0.1, 0.15) is 34.6 Å². The van der Waals surface area contributed by atoms with Gasteiger partial charge in [-0.3, -0.25) is 4.79 Å². The fourth-order valence-corrected chi connectivity index (χ4v) is 3.25. The standard InChI is InChI=1S/C18H19NO2/c19-17(18(20)21)11-16-14-7-3-1-5-12(14)9-10-13-6-2-4-8-15(13)16/h1-8,16-17H,9-11,19H2,(H,20,21). The molecule has 0 amide bonds. The van der Waals surface area contributed by atoms with Gasteiger partial charge in [0.1, 0.15) is 6.04 Å². The molecule has 0 aliphatic heterocycles. The van der Waals surface area contributed by atoms with Crippen LogP contribution in [0.5, 0.6) is 0 Å². The smallest absolute Gasteiger partial charge is 0.320 e. The van der Waals surface area contributed by atoms with Gasteiger partial charge in [-0.1, -0.05) is 48.5 Å². The van der Waals surface area contributed by atoms with Crippen LogP contribution in [-0.4, -0.2) is 17.1 Å². The molecule has 0 saturated heterocycles. The number of carboxylic acid groups (broad SMARTS) is 1. The van der Waals surface area contributed by atoms with E-state index in [-0.39, 0.29) is 5.92 Å². The molecule has 0 radical (unpaired) electrons. The topological polar surface area (TPSA) is 63.3 Å². The Kier molecular flexibility index (Phi) is 3.76. The van der Waals surface area contributed by atoms with Gasteiger partial charge in [0.2, 0.25) is 0 Å². The molecule has 0 heterocycles. The number of aryl methyl sites for hydroxylation is 2. The lowest BCUT2D eigenvalue weighted by Gasteiger charge is -2.22. The lowest BCUT2D eigenvalue weighted by Crippen LogP contribution is -2.32. The number of hydrogen-bond donors (Lipinski definition) is 2. The molecule has 3 heteroatoms. The van der Waals surface area contributed by atoms with Gasteiger partial charge in [-0.05, 0) is 41.5 Å². The summed E-state index contributed by atoms with van der Waals surface area (Å²) in [4.78, 5) is 11.2. The van der Waals surface area contributed by atoms with Crippen LogP contribution >= 0.6 is 0 Å². The number of nitrogens with two attached hydrogens (primary N) is 1. The first-order valence-electron chi connectivity index (χ1n) is 7.31. The molecule has 1 unspecified atom stereocenters. The average molecular weight is 281 g/mol. The van der Waals surface area contributed by atoms with Crippen LogP contribution in [-0.2, 0) is 17.6 Å². The highest BCUT2D eigenvalue weighted by Crippen LogP contribution is 2.36. The fraction of sp³-hybridized carbons (Fsp3) is 0.278. The minimum Gasteiger partial charge on any atom is -0.480 e. The number of aliphatic carboxylic acids is 1. The van der Waals surface area contributed by atoms with Crippen molar-refractivity contribution in [1.29, 1.82) is 0 Å². The number of hydrogen-bond acceptors (Lipinski definition) is 2. The molecule has 3 nitrogen and oxygen atoms in total. The molecule has 0 saturated carbocycles. The zero-order valence-electron chi connectivity index (χ0n) is 11.8. The predicted octanol–water partition coefficient (Wildman–Crippen LogP) is 2.72. The van der Waals surface area contributed by atoms with E-state index in [0.29, 0.717) is 6.42 Å². The zero-order chi connectivity index (χ0) is 14.8. The summed E-state index contributed by atoms with van der Waals surface area (Å²) in [7, 11) is 0. The molecule has 2 aromatic carbocycles. The fourth-order valence-electron chi connectivity index (χ4n) is 3.25. The van der Waals surface area contributed by atoms with E-state index in [1.807, 2.05) is 24.3 Å². The third-order valence-corrected chi connectivity index (χ3v) is 4.33. The van der Waals surface area contributed by atoms with Crippen molar-refractivity contribution in [3.05, 3.63) is 70.8 Å². The van der Waals surface area contributed by atoms with Gasteiger partial charge in [-0.15, -0.1) is 0 Å². The van der Waals surface area contributed by atoms with Crippen molar-refractivity contribution in [3.63, 3.8) is 0 Å². The molecule has 2 aromatic rings. The maximum atomic E-state index is 11.2. The Balaban J connectivity index is 2.08. The van der Waals surface area contributed by atoms with Crippen molar-refractivity contribution in [2.75, 3.05) is 0 Å². The maximum absolute atomic E-state index is 11.2. The minimum atomic E-state index is -0.936. The lowest BCUT2D eigenvalue weighted by molar-refractivity contribution is -0.138. The molecule has 0 aromatic heterocycles. The first kappa shape index (κ1) is 13.8. The molecular weight excluding hydrogens is 262 g/mol. The summed E-state index contributed by atoms with van der Waals surface area (Å²) in [6.07, 6.45) is 2.42. The molecule has 1 atom stereocenters. The van der Waals surface area contributed by atoms with Crippen LogP contribution in [0.4, 0.5) is 0 Å². The van der Waals surface area contributed by atoms with Crippen LogP contribution in [0, 0.1) is 0 Å². The summed E-state index contributed by atoms with van der Waals surface area (Å²) in [6.45, 7) is 0. The quantitative estimate of drug-likeness (QED) is 0.909. The molecular formula is C18H19NO2. The Bertz CT molecular complexity index is 618. The number of carboxylic acids is 1. The summed E-state index contributed by atoms with van der Waals surface area (Å²) >= 11 is 0.